The van der Waals surface area contributed by atoms with Crippen LogP contribution in [0.3, 0.4) is 0 Å². The molecule has 18 heavy (non-hydrogen) atoms. The van der Waals surface area contributed by atoms with E-state index in [1.54, 1.807) is 0 Å². The summed E-state index contributed by atoms with van der Waals surface area (Å²) >= 11 is 0. The van der Waals surface area contributed by atoms with Crippen LogP contribution in [0.25, 0.3) is 0 Å². The first-order valence-corrected chi connectivity index (χ1v) is 6.55. The predicted molar refractivity (Wildman–Crippen MR) is 70.1 cm³/mol. The first-order chi connectivity index (χ1) is 8.49. The fraction of sp³-hybridized carbons (Fsp3) is 0.833. The summed E-state index contributed by atoms with van der Waals surface area (Å²) in [5, 5.41) is 5.51. The van der Waals surface area contributed by atoms with Gasteiger partial charge < -0.3 is 11.1 Å². The van der Waals surface area contributed by atoms with Crippen molar-refractivity contribution in [3.05, 3.63) is 0 Å². The first-order valence-electron chi connectivity index (χ1n) is 6.55. The van der Waals surface area contributed by atoms with E-state index in [0.717, 1.165) is 25.9 Å². The Bertz CT molecular complexity index is 294. The van der Waals surface area contributed by atoms with Gasteiger partial charge in [0, 0.05) is 18.6 Å². The number of hydrogen-bond acceptors (Lipinski definition) is 4. The summed E-state index contributed by atoms with van der Waals surface area (Å²) in [6, 6.07) is 0.0156. The van der Waals surface area contributed by atoms with Crippen LogP contribution in [0.4, 0.5) is 4.79 Å². The second-order valence-electron chi connectivity index (χ2n) is 5.10. The highest BCUT2D eigenvalue weighted by molar-refractivity contribution is 5.94. The first kappa shape index (κ1) is 14.9. The molecule has 0 radical (unpaired) electrons. The Morgan fingerprint density at radius 3 is 2.72 bits per heavy atom. The van der Waals surface area contributed by atoms with E-state index >= 15 is 0 Å². The molecule has 1 aliphatic heterocycles. The standard InChI is InChI=1S/C12H24N4O2/c1-9(2)14-7-10-5-3-4-6-16(10)8-11(17)15-12(13)18/h9-10,14H,3-8H2,1-2H3,(H3,13,15,17,18). The number of piperidine rings is 1. The van der Waals surface area contributed by atoms with E-state index < -0.39 is 6.03 Å². The maximum absolute atomic E-state index is 11.5. The van der Waals surface area contributed by atoms with Gasteiger partial charge in [-0.2, -0.15) is 0 Å². The lowest BCUT2D eigenvalue weighted by Crippen LogP contribution is -2.51. The third-order valence-corrected chi connectivity index (χ3v) is 3.12. The van der Waals surface area contributed by atoms with Gasteiger partial charge in [0.15, 0.2) is 0 Å². The van der Waals surface area contributed by atoms with Gasteiger partial charge in [0.05, 0.1) is 6.54 Å². The molecule has 1 atom stereocenters. The number of rotatable bonds is 5. The van der Waals surface area contributed by atoms with Gasteiger partial charge in [-0.1, -0.05) is 20.3 Å². The topological polar surface area (TPSA) is 87.5 Å². The summed E-state index contributed by atoms with van der Waals surface area (Å²) in [5.74, 6) is -0.320. The van der Waals surface area contributed by atoms with Crippen molar-refractivity contribution < 1.29 is 9.59 Å². The molecule has 1 aliphatic rings. The number of amides is 3. The predicted octanol–water partition coefficient (Wildman–Crippen LogP) is 0.0338. The lowest BCUT2D eigenvalue weighted by molar-refractivity contribution is -0.122. The Kier molecular flexibility index (Phi) is 6.07. The summed E-state index contributed by atoms with van der Waals surface area (Å²) in [6.07, 6.45) is 3.38. The number of nitrogens with zero attached hydrogens (tertiary/aromatic N) is 1. The lowest BCUT2D eigenvalue weighted by Gasteiger charge is -2.35. The number of primary amides is 1. The van der Waals surface area contributed by atoms with E-state index in [2.05, 4.69) is 29.4 Å². The van der Waals surface area contributed by atoms with Crippen molar-refractivity contribution in [2.45, 2.75) is 45.2 Å². The van der Waals surface area contributed by atoms with Crippen molar-refractivity contribution in [3.63, 3.8) is 0 Å². The number of likely N-dealkylation sites (tertiary alicyclic amines) is 1. The Labute approximate surface area is 108 Å². The molecule has 0 spiro atoms. The van der Waals surface area contributed by atoms with Gasteiger partial charge >= 0.3 is 6.03 Å². The number of carbonyl (C=O) groups is 2. The summed E-state index contributed by atoms with van der Waals surface area (Å²) in [6.45, 7) is 6.23. The van der Waals surface area contributed by atoms with Gasteiger partial charge in [0.1, 0.15) is 0 Å². The molecule has 6 nitrogen and oxygen atoms in total. The van der Waals surface area contributed by atoms with Crippen LogP contribution in [0.1, 0.15) is 33.1 Å². The Balaban J connectivity index is 2.43. The molecule has 1 unspecified atom stereocenters. The van der Waals surface area contributed by atoms with Crippen LogP contribution in [0.5, 0.6) is 0 Å². The summed E-state index contributed by atoms with van der Waals surface area (Å²) < 4.78 is 0. The highest BCUT2D eigenvalue weighted by Gasteiger charge is 2.24. The van der Waals surface area contributed by atoms with Crippen molar-refractivity contribution >= 4 is 11.9 Å². The second-order valence-corrected chi connectivity index (χ2v) is 5.10. The third kappa shape index (κ3) is 5.46. The fourth-order valence-corrected chi connectivity index (χ4v) is 2.23. The van der Waals surface area contributed by atoms with Crippen molar-refractivity contribution in [3.8, 4) is 0 Å². The molecule has 1 rings (SSSR count). The van der Waals surface area contributed by atoms with Crippen LogP contribution in [0.15, 0.2) is 0 Å². The molecule has 1 fully saturated rings. The second kappa shape index (κ2) is 7.33. The van der Waals surface area contributed by atoms with E-state index in [4.69, 9.17) is 5.73 Å². The zero-order valence-electron chi connectivity index (χ0n) is 11.2. The number of nitrogens with one attached hydrogen (secondary N) is 2. The van der Waals surface area contributed by atoms with Crippen molar-refractivity contribution in [2.24, 2.45) is 5.73 Å². The highest BCUT2D eigenvalue weighted by Crippen LogP contribution is 2.16. The Hall–Kier alpha value is -1.14. The Morgan fingerprint density at radius 2 is 2.11 bits per heavy atom. The molecular formula is C12H24N4O2. The van der Waals surface area contributed by atoms with Crippen molar-refractivity contribution in [1.29, 1.82) is 0 Å². The molecule has 6 heteroatoms. The average Bonchev–Trinajstić information content (AvgIpc) is 2.26. The van der Waals surface area contributed by atoms with E-state index in [-0.39, 0.29) is 12.5 Å². The monoisotopic (exact) mass is 256 g/mol. The molecule has 0 aromatic heterocycles. The smallest absolute Gasteiger partial charge is 0.318 e. The molecule has 0 aromatic rings. The summed E-state index contributed by atoms with van der Waals surface area (Å²) in [5.41, 5.74) is 4.93. The minimum atomic E-state index is -0.783. The third-order valence-electron chi connectivity index (χ3n) is 3.12. The summed E-state index contributed by atoms with van der Waals surface area (Å²) in [7, 11) is 0. The zero-order valence-corrected chi connectivity index (χ0v) is 11.2. The molecule has 0 aliphatic carbocycles. The van der Waals surface area contributed by atoms with Crippen LogP contribution >= 0.6 is 0 Å². The van der Waals surface area contributed by atoms with Crippen LogP contribution < -0.4 is 16.4 Å². The minimum Gasteiger partial charge on any atom is -0.351 e. The largest absolute Gasteiger partial charge is 0.351 e. The van der Waals surface area contributed by atoms with Crippen molar-refractivity contribution in [1.82, 2.24) is 15.5 Å². The molecule has 0 bridgehead atoms. The number of carbonyl (C=O) groups excluding carboxylic acids is 2. The fourth-order valence-electron chi connectivity index (χ4n) is 2.23. The molecule has 1 saturated heterocycles. The van der Waals surface area contributed by atoms with Gasteiger partial charge in [-0.05, 0) is 19.4 Å². The Morgan fingerprint density at radius 1 is 1.39 bits per heavy atom. The maximum atomic E-state index is 11.5. The maximum Gasteiger partial charge on any atom is 0.318 e. The number of urea groups is 1. The average molecular weight is 256 g/mol. The molecule has 3 amide bonds. The molecular weight excluding hydrogens is 232 g/mol. The molecule has 1 heterocycles. The molecule has 0 saturated carbocycles. The lowest BCUT2D eigenvalue weighted by atomic mass is 10.0. The number of hydrogen-bond donors (Lipinski definition) is 3. The van der Waals surface area contributed by atoms with Crippen LogP contribution in [0, 0.1) is 0 Å². The normalized spacial score (nSPS) is 20.9. The number of nitrogens with two attached hydrogens (primary N) is 1. The highest BCUT2D eigenvalue weighted by atomic mass is 16.2. The van der Waals surface area contributed by atoms with E-state index in [1.807, 2.05) is 0 Å². The van der Waals surface area contributed by atoms with E-state index in [1.165, 1.54) is 6.42 Å². The quantitative estimate of drug-likeness (QED) is 0.648. The van der Waals surface area contributed by atoms with Gasteiger partial charge in [-0.15, -0.1) is 0 Å². The van der Waals surface area contributed by atoms with E-state index in [0.29, 0.717) is 12.1 Å². The zero-order chi connectivity index (χ0) is 13.5. The molecule has 4 N–H and O–H groups in total. The molecule has 104 valence electrons. The minimum absolute atomic E-state index is 0.243. The number of imide groups is 1. The van der Waals surface area contributed by atoms with Gasteiger partial charge in [-0.25, -0.2) is 4.79 Å². The van der Waals surface area contributed by atoms with Crippen molar-refractivity contribution in [2.75, 3.05) is 19.6 Å². The van der Waals surface area contributed by atoms with E-state index in [9.17, 15) is 9.59 Å². The SMILES string of the molecule is CC(C)NCC1CCCCN1CC(=O)NC(N)=O. The van der Waals surface area contributed by atoms with Crippen LogP contribution in [-0.4, -0.2) is 48.6 Å². The van der Waals surface area contributed by atoms with Crippen LogP contribution in [-0.2, 0) is 4.79 Å². The van der Waals surface area contributed by atoms with Gasteiger partial charge in [0.25, 0.3) is 0 Å². The van der Waals surface area contributed by atoms with Crippen LogP contribution in [0.2, 0.25) is 0 Å². The summed E-state index contributed by atoms with van der Waals surface area (Å²) in [4.78, 5) is 24.3. The molecule has 0 aromatic carbocycles. The van der Waals surface area contributed by atoms with Gasteiger partial charge in [0.2, 0.25) is 5.91 Å². The van der Waals surface area contributed by atoms with Gasteiger partial charge in [-0.3, -0.25) is 15.0 Å².